The lowest BCUT2D eigenvalue weighted by Gasteiger charge is -2.32. The highest BCUT2D eigenvalue weighted by Crippen LogP contribution is 2.38. The topological polar surface area (TPSA) is 54.5 Å². The minimum Gasteiger partial charge on any atom is -0.249 e. The summed E-state index contributed by atoms with van der Waals surface area (Å²) in [6.45, 7) is 2.22. The second-order valence-corrected chi connectivity index (χ2v) is 4.65. The number of nitrogens with zero attached hydrogens (tertiary/aromatic N) is 4. The zero-order valence-electron chi connectivity index (χ0n) is 9.71. The van der Waals surface area contributed by atoms with Gasteiger partial charge in [0.2, 0.25) is 0 Å². The first kappa shape index (κ1) is 11.1. The molecule has 0 amide bonds. The Hall–Kier alpha value is -1.37. The minimum atomic E-state index is 0.106. The highest BCUT2D eigenvalue weighted by molar-refractivity contribution is 4.95. The molecule has 1 fully saturated rings. The summed E-state index contributed by atoms with van der Waals surface area (Å²) in [5.74, 6) is 0.860. The van der Waals surface area contributed by atoms with E-state index >= 15 is 0 Å². The van der Waals surface area contributed by atoms with Gasteiger partial charge in [0.1, 0.15) is 12.7 Å². The maximum Gasteiger partial charge on any atom is 0.137 e. The molecule has 0 radical (unpaired) electrons. The average Bonchev–Trinajstić information content (AvgIpc) is 2.83. The van der Waals surface area contributed by atoms with Crippen molar-refractivity contribution >= 4 is 0 Å². The lowest BCUT2D eigenvalue weighted by molar-refractivity contribution is 0.198. The van der Waals surface area contributed by atoms with Gasteiger partial charge in [-0.2, -0.15) is 10.4 Å². The van der Waals surface area contributed by atoms with Gasteiger partial charge in [-0.15, -0.1) is 0 Å². The third-order valence-electron chi connectivity index (χ3n) is 3.56. The van der Waals surface area contributed by atoms with Crippen LogP contribution in [0.15, 0.2) is 12.7 Å². The quantitative estimate of drug-likeness (QED) is 0.783. The highest BCUT2D eigenvalue weighted by Gasteiger charge is 2.31. The molecule has 16 heavy (non-hydrogen) atoms. The summed E-state index contributed by atoms with van der Waals surface area (Å²) in [5, 5.41) is 13.4. The van der Waals surface area contributed by atoms with Gasteiger partial charge in [-0.1, -0.05) is 19.8 Å². The Bertz CT molecular complexity index is 352. The van der Waals surface area contributed by atoms with E-state index in [2.05, 4.69) is 23.1 Å². The van der Waals surface area contributed by atoms with Crippen molar-refractivity contribution in [1.82, 2.24) is 14.8 Å². The van der Waals surface area contributed by atoms with Gasteiger partial charge in [-0.05, 0) is 25.2 Å². The van der Waals surface area contributed by atoms with Gasteiger partial charge in [0, 0.05) is 0 Å². The first-order valence-electron chi connectivity index (χ1n) is 6.08. The van der Waals surface area contributed by atoms with Gasteiger partial charge in [0.15, 0.2) is 0 Å². The molecule has 0 bridgehead atoms. The van der Waals surface area contributed by atoms with Gasteiger partial charge in [-0.25, -0.2) is 9.67 Å². The first-order valence-corrected chi connectivity index (χ1v) is 6.08. The van der Waals surface area contributed by atoms with E-state index in [4.69, 9.17) is 5.26 Å². The molecule has 0 spiro atoms. The van der Waals surface area contributed by atoms with E-state index in [1.165, 1.54) is 19.3 Å². The van der Waals surface area contributed by atoms with Gasteiger partial charge >= 0.3 is 0 Å². The second kappa shape index (κ2) is 5.11. The fraction of sp³-hybridized carbons (Fsp3) is 0.750. The van der Waals surface area contributed by atoms with Crippen molar-refractivity contribution in [3.63, 3.8) is 0 Å². The summed E-state index contributed by atoms with van der Waals surface area (Å²) in [6, 6.07) is 2.65. The van der Waals surface area contributed by atoms with Crippen LogP contribution in [-0.4, -0.2) is 14.8 Å². The molecule has 1 aliphatic carbocycles. The van der Waals surface area contributed by atoms with E-state index in [-0.39, 0.29) is 12.0 Å². The predicted octanol–water partition coefficient (Wildman–Crippen LogP) is 2.56. The molecule has 0 N–H and O–H groups in total. The predicted molar refractivity (Wildman–Crippen MR) is 60.4 cm³/mol. The molecular formula is C12H18N4. The van der Waals surface area contributed by atoms with Crippen LogP contribution in [0.2, 0.25) is 0 Å². The Morgan fingerprint density at radius 1 is 1.50 bits per heavy atom. The smallest absolute Gasteiger partial charge is 0.137 e. The van der Waals surface area contributed by atoms with Gasteiger partial charge < -0.3 is 0 Å². The van der Waals surface area contributed by atoms with Crippen molar-refractivity contribution in [2.45, 2.75) is 45.1 Å². The molecule has 1 aliphatic rings. The summed E-state index contributed by atoms with van der Waals surface area (Å²) in [4.78, 5) is 3.98. The molecule has 4 nitrogen and oxygen atoms in total. The molecule has 1 heterocycles. The number of nitriles is 1. The standard InChI is InChI=1S/C12H18N4/c1-2-3-10-4-5-11(7-13)12(6-10)16-9-14-8-15-16/h8-12H,2-6H2,1H3. The van der Waals surface area contributed by atoms with Crippen LogP contribution in [0.5, 0.6) is 0 Å². The van der Waals surface area contributed by atoms with Gasteiger partial charge in [0.05, 0.1) is 18.0 Å². The van der Waals surface area contributed by atoms with Crippen molar-refractivity contribution < 1.29 is 0 Å². The van der Waals surface area contributed by atoms with Crippen LogP contribution in [0, 0.1) is 23.2 Å². The average molecular weight is 218 g/mol. The fourth-order valence-electron chi connectivity index (χ4n) is 2.73. The molecule has 0 aliphatic heterocycles. The zero-order valence-corrected chi connectivity index (χ0v) is 9.71. The van der Waals surface area contributed by atoms with Crippen LogP contribution in [0.4, 0.5) is 0 Å². The second-order valence-electron chi connectivity index (χ2n) is 4.65. The number of rotatable bonds is 3. The molecule has 86 valence electrons. The Labute approximate surface area is 96.3 Å². The SMILES string of the molecule is CCCC1CCC(C#N)C(n2cncn2)C1. The van der Waals surface area contributed by atoms with Gasteiger partial charge in [-0.3, -0.25) is 0 Å². The molecule has 3 atom stereocenters. The van der Waals surface area contributed by atoms with Crippen LogP contribution >= 0.6 is 0 Å². The Kier molecular flexibility index (Phi) is 3.55. The summed E-state index contributed by atoms with van der Waals surface area (Å²) < 4.78 is 1.87. The summed E-state index contributed by atoms with van der Waals surface area (Å²) in [5.41, 5.74) is 0. The monoisotopic (exact) mass is 218 g/mol. The molecule has 0 saturated heterocycles. The van der Waals surface area contributed by atoms with Crippen molar-refractivity contribution in [2.75, 3.05) is 0 Å². The molecule has 1 aromatic heterocycles. The van der Waals surface area contributed by atoms with E-state index in [0.29, 0.717) is 0 Å². The molecule has 1 saturated carbocycles. The maximum atomic E-state index is 9.16. The lowest BCUT2D eigenvalue weighted by Crippen LogP contribution is -2.27. The van der Waals surface area contributed by atoms with Crippen molar-refractivity contribution in [2.24, 2.45) is 11.8 Å². The Balaban J connectivity index is 2.09. The normalized spacial score (nSPS) is 29.9. The maximum absolute atomic E-state index is 9.16. The fourth-order valence-corrected chi connectivity index (χ4v) is 2.73. The van der Waals surface area contributed by atoms with E-state index < -0.39 is 0 Å². The van der Waals surface area contributed by atoms with Crippen LogP contribution in [0.25, 0.3) is 0 Å². The molecule has 2 rings (SSSR count). The summed E-state index contributed by atoms with van der Waals surface area (Å²) in [7, 11) is 0. The van der Waals surface area contributed by atoms with Crippen LogP contribution in [-0.2, 0) is 0 Å². The Morgan fingerprint density at radius 2 is 2.38 bits per heavy atom. The molecule has 0 aromatic carbocycles. The molecule has 1 aromatic rings. The van der Waals surface area contributed by atoms with Crippen LogP contribution in [0.1, 0.15) is 45.1 Å². The van der Waals surface area contributed by atoms with E-state index in [9.17, 15) is 0 Å². The largest absolute Gasteiger partial charge is 0.249 e. The summed E-state index contributed by atoms with van der Waals surface area (Å²) >= 11 is 0. The van der Waals surface area contributed by atoms with Crippen molar-refractivity contribution in [1.29, 1.82) is 5.26 Å². The molecule has 4 heteroatoms. The van der Waals surface area contributed by atoms with E-state index in [1.54, 1.807) is 12.7 Å². The van der Waals surface area contributed by atoms with Crippen molar-refractivity contribution in [3.05, 3.63) is 12.7 Å². The van der Waals surface area contributed by atoms with Gasteiger partial charge in [0.25, 0.3) is 0 Å². The van der Waals surface area contributed by atoms with E-state index in [1.807, 2.05) is 4.68 Å². The zero-order chi connectivity index (χ0) is 11.4. The minimum absolute atomic E-state index is 0.106. The third-order valence-corrected chi connectivity index (χ3v) is 3.56. The highest BCUT2D eigenvalue weighted by atomic mass is 15.3. The Morgan fingerprint density at radius 3 is 3.00 bits per heavy atom. The number of aromatic nitrogens is 3. The van der Waals surface area contributed by atoms with Crippen molar-refractivity contribution in [3.8, 4) is 6.07 Å². The number of hydrogen-bond donors (Lipinski definition) is 0. The third kappa shape index (κ3) is 2.24. The molecule has 3 unspecified atom stereocenters. The summed E-state index contributed by atoms with van der Waals surface area (Å²) in [6.07, 6.45) is 9.06. The van der Waals surface area contributed by atoms with Crippen LogP contribution in [0.3, 0.4) is 0 Å². The molecular weight excluding hydrogens is 200 g/mol. The van der Waals surface area contributed by atoms with E-state index in [0.717, 1.165) is 18.8 Å². The number of hydrogen-bond acceptors (Lipinski definition) is 3. The first-order chi connectivity index (χ1) is 7.85. The lowest BCUT2D eigenvalue weighted by atomic mass is 9.77. The van der Waals surface area contributed by atoms with Crippen LogP contribution < -0.4 is 0 Å².